The fourth-order valence-corrected chi connectivity index (χ4v) is 4.87. The standard InChI is InChI=1S/C15H31N3O2S/c1-21(19,20)18-10-4-7-14(12-18)11-15(17-16)9-8-13-5-2-3-6-13/h13-15,17H,2-12,16H2,1H3. The van der Waals surface area contributed by atoms with Crippen LogP contribution in [-0.4, -0.2) is 38.1 Å². The van der Waals surface area contributed by atoms with Crippen molar-refractivity contribution in [3.63, 3.8) is 0 Å². The number of hydrazine groups is 1. The Balaban J connectivity index is 1.77. The molecule has 0 radical (unpaired) electrons. The van der Waals surface area contributed by atoms with Crippen molar-refractivity contribution in [3.8, 4) is 0 Å². The van der Waals surface area contributed by atoms with E-state index in [1.807, 2.05) is 0 Å². The molecule has 0 spiro atoms. The molecule has 1 saturated heterocycles. The average molecular weight is 317 g/mol. The highest BCUT2D eigenvalue weighted by molar-refractivity contribution is 7.88. The molecule has 1 heterocycles. The van der Waals surface area contributed by atoms with E-state index in [1.54, 1.807) is 4.31 Å². The normalized spacial score (nSPS) is 27.0. The Morgan fingerprint density at radius 2 is 1.86 bits per heavy atom. The van der Waals surface area contributed by atoms with Crippen LogP contribution in [0, 0.1) is 11.8 Å². The smallest absolute Gasteiger partial charge is 0.211 e. The highest BCUT2D eigenvalue weighted by atomic mass is 32.2. The van der Waals surface area contributed by atoms with Crippen molar-refractivity contribution < 1.29 is 8.42 Å². The number of sulfonamides is 1. The van der Waals surface area contributed by atoms with Crippen LogP contribution < -0.4 is 11.3 Å². The quantitative estimate of drug-likeness (QED) is 0.555. The Morgan fingerprint density at radius 3 is 2.48 bits per heavy atom. The molecule has 2 fully saturated rings. The molecule has 124 valence electrons. The summed E-state index contributed by atoms with van der Waals surface area (Å²) in [6, 6.07) is 0.329. The first-order valence-electron chi connectivity index (χ1n) is 8.40. The Bertz CT molecular complexity index is 407. The Morgan fingerprint density at radius 1 is 1.19 bits per heavy atom. The van der Waals surface area contributed by atoms with Gasteiger partial charge >= 0.3 is 0 Å². The third-order valence-electron chi connectivity index (χ3n) is 5.20. The molecule has 0 bridgehead atoms. The zero-order valence-electron chi connectivity index (χ0n) is 13.3. The Labute approximate surface area is 129 Å². The summed E-state index contributed by atoms with van der Waals surface area (Å²) in [6.07, 6.45) is 12.3. The lowest BCUT2D eigenvalue weighted by atomic mass is 9.89. The number of nitrogens with two attached hydrogens (primary N) is 1. The van der Waals surface area contributed by atoms with E-state index in [2.05, 4.69) is 5.43 Å². The number of piperidine rings is 1. The zero-order chi connectivity index (χ0) is 15.3. The van der Waals surface area contributed by atoms with Crippen molar-refractivity contribution in [2.75, 3.05) is 19.3 Å². The summed E-state index contributed by atoms with van der Waals surface area (Å²) in [7, 11) is -3.04. The number of hydrogen-bond donors (Lipinski definition) is 2. The lowest BCUT2D eigenvalue weighted by Crippen LogP contribution is -2.43. The predicted molar refractivity (Wildman–Crippen MR) is 86.1 cm³/mol. The minimum absolute atomic E-state index is 0.329. The van der Waals surface area contributed by atoms with E-state index < -0.39 is 10.0 Å². The van der Waals surface area contributed by atoms with Gasteiger partial charge in [-0.1, -0.05) is 25.7 Å². The molecular formula is C15H31N3O2S. The fraction of sp³-hybridized carbons (Fsp3) is 1.00. The molecule has 0 aromatic carbocycles. The van der Waals surface area contributed by atoms with E-state index in [-0.39, 0.29) is 0 Å². The maximum atomic E-state index is 11.7. The molecule has 2 unspecified atom stereocenters. The van der Waals surface area contributed by atoms with E-state index in [0.29, 0.717) is 25.0 Å². The first kappa shape index (κ1) is 17.2. The number of nitrogens with zero attached hydrogens (tertiary/aromatic N) is 1. The van der Waals surface area contributed by atoms with Crippen LogP contribution in [0.3, 0.4) is 0 Å². The monoisotopic (exact) mass is 317 g/mol. The van der Waals surface area contributed by atoms with Gasteiger partial charge in [0.25, 0.3) is 0 Å². The van der Waals surface area contributed by atoms with Gasteiger partial charge in [0.15, 0.2) is 0 Å². The second kappa shape index (κ2) is 7.90. The number of hydrogen-bond acceptors (Lipinski definition) is 4. The minimum atomic E-state index is -3.04. The molecule has 2 atom stereocenters. The van der Waals surface area contributed by atoms with Crippen LogP contribution in [0.15, 0.2) is 0 Å². The van der Waals surface area contributed by atoms with Crippen LogP contribution in [0.2, 0.25) is 0 Å². The molecule has 2 rings (SSSR count). The van der Waals surface area contributed by atoms with Crippen LogP contribution >= 0.6 is 0 Å². The number of nitrogens with one attached hydrogen (secondary N) is 1. The van der Waals surface area contributed by atoms with Crippen molar-refractivity contribution in [2.45, 2.75) is 63.8 Å². The molecule has 2 aliphatic rings. The van der Waals surface area contributed by atoms with E-state index in [1.165, 1.54) is 38.4 Å². The zero-order valence-corrected chi connectivity index (χ0v) is 14.1. The van der Waals surface area contributed by atoms with Gasteiger partial charge in [-0.2, -0.15) is 0 Å². The van der Waals surface area contributed by atoms with Crippen LogP contribution in [0.25, 0.3) is 0 Å². The van der Waals surface area contributed by atoms with Crippen LogP contribution in [-0.2, 0) is 10.0 Å². The van der Waals surface area contributed by atoms with Gasteiger partial charge in [0.05, 0.1) is 6.26 Å². The summed E-state index contributed by atoms with van der Waals surface area (Å²) >= 11 is 0. The molecule has 3 N–H and O–H groups in total. The van der Waals surface area contributed by atoms with Crippen LogP contribution in [0.1, 0.15) is 57.8 Å². The maximum absolute atomic E-state index is 11.7. The topological polar surface area (TPSA) is 75.4 Å². The summed E-state index contributed by atoms with van der Waals surface area (Å²) in [5.74, 6) is 7.04. The summed E-state index contributed by atoms with van der Waals surface area (Å²) in [5.41, 5.74) is 2.96. The molecular weight excluding hydrogens is 286 g/mol. The SMILES string of the molecule is CS(=O)(=O)N1CCCC(CC(CCC2CCCC2)NN)C1. The van der Waals surface area contributed by atoms with E-state index in [9.17, 15) is 8.42 Å². The third-order valence-corrected chi connectivity index (χ3v) is 6.47. The molecule has 6 heteroatoms. The summed E-state index contributed by atoms with van der Waals surface area (Å²) in [6.45, 7) is 1.35. The molecule has 1 aliphatic carbocycles. The lowest BCUT2D eigenvalue weighted by Gasteiger charge is -2.33. The largest absolute Gasteiger partial charge is 0.271 e. The predicted octanol–water partition coefficient (Wildman–Crippen LogP) is 1.85. The second-order valence-corrected chi connectivity index (χ2v) is 8.94. The van der Waals surface area contributed by atoms with Gasteiger partial charge < -0.3 is 0 Å². The molecule has 0 aromatic heterocycles. The Hall–Kier alpha value is -0.170. The first-order chi connectivity index (χ1) is 9.99. The third kappa shape index (κ3) is 5.51. The van der Waals surface area contributed by atoms with Crippen molar-refractivity contribution in [2.24, 2.45) is 17.7 Å². The second-order valence-electron chi connectivity index (χ2n) is 6.96. The highest BCUT2D eigenvalue weighted by Gasteiger charge is 2.27. The minimum Gasteiger partial charge on any atom is -0.271 e. The van der Waals surface area contributed by atoms with Gasteiger partial charge in [-0.25, -0.2) is 12.7 Å². The van der Waals surface area contributed by atoms with Crippen molar-refractivity contribution in [1.29, 1.82) is 0 Å². The molecule has 0 amide bonds. The maximum Gasteiger partial charge on any atom is 0.211 e. The van der Waals surface area contributed by atoms with E-state index in [4.69, 9.17) is 5.84 Å². The first-order valence-corrected chi connectivity index (χ1v) is 10.2. The van der Waals surface area contributed by atoms with Crippen molar-refractivity contribution in [3.05, 3.63) is 0 Å². The van der Waals surface area contributed by atoms with Gasteiger partial charge in [-0.05, 0) is 43.9 Å². The van der Waals surface area contributed by atoms with Gasteiger partial charge in [-0.3, -0.25) is 11.3 Å². The van der Waals surface area contributed by atoms with Gasteiger partial charge in [0.2, 0.25) is 10.0 Å². The van der Waals surface area contributed by atoms with E-state index >= 15 is 0 Å². The average Bonchev–Trinajstić information content (AvgIpc) is 2.96. The summed E-state index contributed by atoms with van der Waals surface area (Å²) in [4.78, 5) is 0. The number of rotatable bonds is 7. The van der Waals surface area contributed by atoms with Gasteiger partial charge in [0, 0.05) is 19.1 Å². The van der Waals surface area contributed by atoms with Crippen molar-refractivity contribution >= 4 is 10.0 Å². The summed E-state index contributed by atoms with van der Waals surface area (Å²) < 4.78 is 25.0. The molecule has 1 aliphatic heterocycles. The molecule has 1 saturated carbocycles. The lowest BCUT2D eigenvalue weighted by molar-refractivity contribution is 0.231. The van der Waals surface area contributed by atoms with E-state index in [0.717, 1.165) is 31.6 Å². The van der Waals surface area contributed by atoms with Crippen molar-refractivity contribution in [1.82, 2.24) is 9.73 Å². The van der Waals surface area contributed by atoms with Gasteiger partial charge in [-0.15, -0.1) is 0 Å². The molecule has 21 heavy (non-hydrogen) atoms. The van der Waals surface area contributed by atoms with Crippen LogP contribution in [0.5, 0.6) is 0 Å². The highest BCUT2D eigenvalue weighted by Crippen LogP contribution is 2.30. The van der Waals surface area contributed by atoms with Gasteiger partial charge in [0.1, 0.15) is 0 Å². The van der Waals surface area contributed by atoms with Crippen LogP contribution in [0.4, 0.5) is 0 Å². The Kier molecular flexibility index (Phi) is 6.47. The molecule has 5 nitrogen and oxygen atoms in total. The summed E-state index contributed by atoms with van der Waals surface area (Å²) in [5, 5.41) is 0. The molecule has 0 aromatic rings. The fourth-order valence-electron chi connectivity index (χ4n) is 3.93.